The third kappa shape index (κ3) is 6.88. The molecule has 2 fully saturated rings. The lowest BCUT2D eigenvalue weighted by molar-refractivity contribution is -0.0555. The minimum absolute atomic E-state index is 0.0529. The van der Waals surface area contributed by atoms with Crippen LogP contribution in [0, 0.1) is 0 Å². The highest BCUT2D eigenvalue weighted by Crippen LogP contribution is 2.15. The monoisotopic (exact) mass is 419 g/mol. The Morgan fingerprint density at radius 2 is 1.70 bits per heavy atom. The van der Waals surface area contributed by atoms with Gasteiger partial charge >= 0.3 is 12.2 Å². The van der Waals surface area contributed by atoms with Crippen molar-refractivity contribution >= 4 is 12.2 Å². The SMILES string of the molecule is CC(C)(C)OC(=O)N1CCO[C@H](CN2CCN(C(=O)OCc3ccccc3)CC2)C1. The third-order valence-electron chi connectivity index (χ3n) is 5.09. The zero-order chi connectivity index (χ0) is 21.6. The van der Waals surface area contributed by atoms with Crippen molar-refractivity contribution in [2.75, 3.05) is 52.4 Å². The standard InChI is InChI=1S/C22H33N3O5/c1-22(2,3)30-21(27)25-13-14-28-19(16-25)15-23-9-11-24(12-10-23)20(26)29-17-18-7-5-4-6-8-18/h4-8,19H,9-17H2,1-3H3/t19-/m1/s1. The van der Waals surface area contributed by atoms with Crippen LogP contribution in [0.1, 0.15) is 26.3 Å². The topological polar surface area (TPSA) is 71.5 Å². The summed E-state index contributed by atoms with van der Waals surface area (Å²) in [5.74, 6) is 0. The Balaban J connectivity index is 1.38. The highest BCUT2D eigenvalue weighted by Gasteiger charge is 2.30. The summed E-state index contributed by atoms with van der Waals surface area (Å²) in [4.78, 5) is 30.3. The lowest BCUT2D eigenvalue weighted by atomic mass is 10.2. The lowest BCUT2D eigenvalue weighted by Crippen LogP contribution is -2.54. The van der Waals surface area contributed by atoms with Crippen molar-refractivity contribution in [2.45, 2.75) is 39.1 Å². The molecule has 0 unspecified atom stereocenters. The summed E-state index contributed by atoms with van der Waals surface area (Å²) in [6, 6.07) is 9.68. The molecule has 3 rings (SSSR count). The predicted molar refractivity (Wildman–Crippen MR) is 112 cm³/mol. The molecule has 8 nitrogen and oxygen atoms in total. The van der Waals surface area contributed by atoms with Crippen molar-refractivity contribution in [1.29, 1.82) is 0 Å². The van der Waals surface area contributed by atoms with Crippen molar-refractivity contribution in [1.82, 2.24) is 14.7 Å². The maximum Gasteiger partial charge on any atom is 0.410 e. The van der Waals surface area contributed by atoms with Crippen LogP contribution in [-0.4, -0.2) is 91.0 Å². The van der Waals surface area contributed by atoms with E-state index in [1.54, 1.807) is 9.80 Å². The van der Waals surface area contributed by atoms with Crippen LogP contribution in [0.5, 0.6) is 0 Å². The number of morpholine rings is 1. The molecule has 0 N–H and O–H groups in total. The van der Waals surface area contributed by atoms with E-state index in [-0.39, 0.29) is 24.9 Å². The Bertz CT molecular complexity index is 698. The van der Waals surface area contributed by atoms with E-state index in [2.05, 4.69) is 4.90 Å². The number of ether oxygens (including phenoxy) is 3. The Labute approximate surface area is 178 Å². The summed E-state index contributed by atoms with van der Waals surface area (Å²) >= 11 is 0. The number of benzene rings is 1. The number of hydrogen-bond acceptors (Lipinski definition) is 6. The normalized spacial score (nSPS) is 20.7. The molecule has 1 atom stereocenters. The van der Waals surface area contributed by atoms with Gasteiger partial charge in [0.25, 0.3) is 0 Å². The van der Waals surface area contributed by atoms with E-state index in [1.807, 2.05) is 51.1 Å². The molecule has 2 saturated heterocycles. The van der Waals surface area contributed by atoms with Gasteiger partial charge in [0.2, 0.25) is 0 Å². The van der Waals surface area contributed by atoms with Gasteiger partial charge in [-0.05, 0) is 26.3 Å². The maximum atomic E-state index is 12.3. The molecule has 1 aromatic carbocycles. The molecule has 166 valence electrons. The van der Waals surface area contributed by atoms with Gasteiger partial charge in [0.05, 0.1) is 19.3 Å². The first-order valence-corrected chi connectivity index (χ1v) is 10.6. The molecule has 30 heavy (non-hydrogen) atoms. The molecule has 0 spiro atoms. The largest absolute Gasteiger partial charge is 0.445 e. The number of amides is 2. The molecule has 0 radical (unpaired) electrons. The van der Waals surface area contributed by atoms with Gasteiger partial charge < -0.3 is 24.0 Å². The summed E-state index contributed by atoms with van der Waals surface area (Å²) in [5, 5.41) is 0. The smallest absolute Gasteiger partial charge is 0.410 e. The van der Waals surface area contributed by atoms with Crippen molar-refractivity contribution in [3.8, 4) is 0 Å². The van der Waals surface area contributed by atoms with E-state index in [1.165, 1.54) is 0 Å². The van der Waals surface area contributed by atoms with Crippen molar-refractivity contribution in [3.63, 3.8) is 0 Å². The fourth-order valence-corrected chi connectivity index (χ4v) is 3.53. The van der Waals surface area contributed by atoms with E-state index in [9.17, 15) is 9.59 Å². The predicted octanol–water partition coefficient (Wildman–Crippen LogP) is 2.58. The molecule has 1 aromatic rings. The van der Waals surface area contributed by atoms with Crippen LogP contribution in [0.25, 0.3) is 0 Å². The molecule has 0 aliphatic carbocycles. The second-order valence-electron chi connectivity index (χ2n) is 8.75. The van der Waals surface area contributed by atoms with Crippen molar-refractivity contribution in [2.24, 2.45) is 0 Å². The molecule has 2 heterocycles. The second kappa shape index (κ2) is 10.1. The molecule has 2 amide bonds. The average Bonchev–Trinajstić information content (AvgIpc) is 2.72. The number of carbonyl (C=O) groups excluding carboxylic acids is 2. The molecular weight excluding hydrogens is 386 g/mol. The first kappa shape index (κ1) is 22.4. The average molecular weight is 420 g/mol. The fourth-order valence-electron chi connectivity index (χ4n) is 3.53. The molecule has 0 saturated carbocycles. The summed E-state index contributed by atoms with van der Waals surface area (Å²) in [6.07, 6.45) is -0.617. The van der Waals surface area contributed by atoms with Crippen LogP contribution in [0.2, 0.25) is 0 Å². The summed E-state index contributed by atoms with van der Waals surface area (Å²) in [5.41, 5.74) is 0.476. The number of nitrogens with zero attached hydrogens (tertiary/aromatic N) is 3. The van der Waals surface area contributed by atoms with Crippen LogP contribution >= 0.6 is 0 Å². The number of rotatable bonds is 4. The third-order valence-corrected chi connectivity index (χ3v) is 5.09. The van der Waals surface area contributed by atoms with Crippen LogP contribution in [0.4, 0.5) is 9.59 Å². The lowest BCUT2D eigenvalue weighted by Gasteiger charge is -2.39. The van der Waals surface area contributed by atoms with Gasteiger partial charge in [-0.25, -0.2) is 9.59 Å². The van der Waals surface area contributed by atoms with E-state index in [0.717, 1.165) is 25.2 Å². The molecule has 0 bridgehead atoms. The summed E-state index contributed by atoms with van der Waals surface area (Å²) in [7, 11) is 0. The molecule has 2 aliphatic heterocycles. The number of hydrogen-bond donors (Lipinski definition) is 0. The van der Waals surface area contributed by atoms with E-state index < -0.39 is 5.60 Å². The van der Waals surface area contributed by atoms with Crippen molar-refractivity contribution < 1.29 is 23.8 Å². The molecule has 8 heteroatoms. The number of piperazine rings is 1. The number of carbonyl (C=O) groups is 2. The van der Waals surface area contributed by atoms with Gasteiger partial charge in [0.15, 0.2) is 0 Å². The first-order valence-electron chi connectivity index (χ1n) is 10.6. The highest BCUT2D eigenvalue weighted by atomic mass is 16.6. The zero-order valence-corrected chi connectivity index (χ0v) is 18.2. The van der Waals surface area contributed by atoms with Gasteiger partial charge in [-0.3, -0.25) is 4.90 Å². The second-order valence-corrected chi connectivity index (χ2v) is 8.75. The van der Waals surface area contributed by atoms with Gasteiger partial charge in [-0.2, -0.15) is 0 Å². The Kier molecular flexibility index (Phi) is 7.55. The Morgan fingerprint density at radius 3 is 2.37 bits per heavy atom. The van der Waals surface area contributed by atoms with Crippen LogP contribution in [0.3, 0.4) is 0 Å². The van der Waals surface area contributed by atoms with Gasteiger partial charge in [-0.1, -0.05) is 30.3 Å². The quantitative estimate of drug-likeness (QED) is 0.747. The minimum Gasteiger partial charge on any atom is -0.445 e. The fraction of sp³-hybridized carbons (Fsp3) is 0.636. The summed E-state index contributed by atoms with van der Waals surface area (Å²) < 4.78 is 16.7. The Hall–Kier alpha value is -2.32. The van der Waals surface area contributed by atoms with E-state index >= 15 is 0 Å². The Morgan fingerprint density at radius 1 is 1.00 bits per heavy atom. The van der Waals surface area contributed by atoms with Gasteiger partial charge in [0, 0.05) is 39.3 Å². The minimum atomic E-state index is -0.504. The highest BCUT2D eigenvalue weighted by molar-refractivity contribution is 5.68. The zero-order valence-electron chi connectivity index (χ0n) is 18.2. The van der Waals surface area contributed by atoms with Crippen LogP contribution in [-0.2, 0) is 20.8 Å². The maximum absolute atomic E-state index is 12.3. The van der Waals surface area contributed by atoms with Crippen LogP contribution in [0.15, 0.2) is 30.3 Å². The van der Waals surface area contributed by atoms with Crippen LogP contribution < -0.4 is 0 Å². The molecule has 2 aliphatic rings. The first-order chi connectivity index (χ1) is 14.3. The van der Waals surface area contributed by atoms with Gasteiger partial charge in [0.1, 0.15) is 12.2 Å². The summed E-state index contributed by atoms with van der Waals surface area (Å²) in [6.45, 7) is 11.0. The van der Waals surface area contributed by atoms with Gasteiger partial charge in [-0.15, -0.1) is 0 Å². The molecule has 0 aromatic heterocycles. The van der Waals surface area contributed by atoms with E-state index in [4.69, 9.17) is 14.2 Å². The van der Waals surface area contributed by atoms with Crippen molar-refractivity contribution in [3.05, 3.63) is 35.9 Å². The molecular formula is C22H33N3O5. The van der Waals surface area contributed by atoms with E-state index in [0.29, 0.717) is 32.8 Å².